The van der Waals surface area contributed by atoms with Crippen LogP contribution in [0.3, 0.4) is 0 Å². The highest BCUT2D eigenvalue weighted by atomic mass is 16.3. The number of benzene rings is 1. The van der Waals surface area contributed by atoms with Gasteiger partial charge in [0.1, 0.15) is 5.58 Å². The number of rotatable bonds is 0. The molecule has 84 valence electrons. The fraction of sp³-hybridized carbons (Fsp3) is 0.357. The van der Waals surface area contributed by atoms with Crippen molar-refractivity contribution in [3.05, 3.63) is 45.8 Å². The van der Waals surface area contributed by atoms with Gasteiger partial charge in [-0.15, -0.1) is 0 Å². The van der Waals surface area contributed by atoms with Gasteiger partial charge in [0.05, 0.1) is 11.6 Å². The van der Waals surface area contributed by atoms with Gasteiger partial charge in [-0.2, -0.15) is 0 Å². The number of aryl methyl sites for hydroxylation is 1. The summed E-state index contributed by atoms with van der Waals surface area (Å²) in [6.45, 7) is 8.02. The van der Waals surface area contributed by atoms with E-state index in [9.17, 15) is 4.79 Å². The van der Waals surface area contributed by atoms with Crippen LogP contribution in [0.2, 0.25) is 0 Å². The molecule has 0 aliphatic heterocycles. The number of hydrogen-bond donors (Lipinski definition) is 0. The molecule has 0 spiro atoms. The lowest BCUT2D eigenvalue weighted by molar-refractivity contribution is 0.530. The van der Waals surface area contributed by atoms with Crippen molar-refractivity contribution < 1.29 is 4.42 Å². The van der Waals surface area contributed by atoms with Gasteiger partial charge in [-0.1, -0.05) is 32.4 Å². The molecular weight excluding hydrogens is 200 g/mol. The lowest BCUT2D eigenvalue weighted by Gasteiger charge is -2.17. The van der Waals surface area contributed by atoms with E-state index in [1.165, 1.54) is 0 Å². The van der Waals surface area contributed by atoms with Crippen LogP contribution in [0.5, 0.6) is 0 Å². The minimum Gasteiger partial charge on any atom is -0.464 e. The van der Waals surface area contributed by atoms with Crippen LogP contribution < -0.4 is 5.43 Å². The smallest absolute Gasteiger partial charge is 0.196 e. The Morgan fingerprint density at radius 2 is 1.88 bits per heavy atom. The third kappa shape index (κ3) is 1.75. The van der Waals surface area contributed by atoms with E-state index in [4.69, 9.17) is 4.42 Å². The standard InChI is InChI=1S/C14H16O2/c1-9-5-6-12-10(7-9)13(15)11(8-16-12)14(2,3)4/h5-8H,1-4H3. The summed E-state index contributed by atoms with van der Waals surface area (Å²) >= 11 is 0. The first-order valence-electron chi connectivity index (χ1n) is 5.42. The van der Waals surface area contributed by atoms with Crippen molar-refractivity contribution in [1.29, 1.82) is 0 Å². The zero-order valence-corrected chi connectivity index (χ0v) is 10.1. The summed E-state index contributed by atoms with van der Waals surface area (Å²) in [7, 11) is 0. The van der Waals surface area contributed by atoms with Crippen LogP contribution in [0.15, 0.2) is 33.7 Å². The second-order valence-corrected chi connectivity index (χ2v) is 5.23. The molecule has 0 saturated heterocycles. The van der Waals surface area contributed by atoms with E-state index >= 15 is 0 Å². The Bertz CT molecular complexity index is 586. The first-order chi connectivity index (χ1) is 7.39. The van der Waals surface area contributed by atoms with Crippen LogP contribution in [0, 0.1) is 6.92 Å². The van der Waals surface area contributed by atoms with Gasteiger partial charge in [-0.05, 0) is 24.5 Å². The average molecular weight is 216 g/mol. The second-order valence-electron chi connectivity index (χ2n) is 5.23. The molecule has 2 nitrogen and oxygen atoms in total. The Balaban J connectivity index is 2.84. The maximum absolute atomic E-state index is 12.3. The Kier molecular flexibility index (Phi) is 2.38. The summed E-state index contributed by atoms with van der Waals surface area (Å²) < 4.78 is 5.51. The van der Waals surface area contributed by atoms with E-state index in [0.29, 0.717) is 11.0 Å². The fourth-order valence-corrected chi connectivity index (χ4v) is 1.76. The van der Waals surface area contributed by atoms with Crippen LogP contribution in [-0.2, 0) is 5.41 Å². The van der Waals surface area contributed by atoms with Gasteiger partial charge < -0.3 is 4.42 Å². The average Bonchev–Trinajstić information content (AvgIpc) is 2.17. The van der Waals surface area contributed by atoms with Crippen molar-refractivity contribution in [3.63, 3.8) is 0 Å². The van der Waals surface area contributed by atoms with E-state index in [2.05, 4.69) is 0 Å². The van der Waals surface area contributed by atoms with Gasteiger partial charge in [-0.25, -0.2) is 0 Å². The molecule has 1 aromatic carbocycles. The van der Waals surface area contributed by atoms with Gasteiger partial charge in [0.2, 0.25) is 0 Å². The van der Waals surface area contributed by atoms with Gasteiger partial charge >= 0.3 is 0 Å². The Morgan fingerprint density at radius 1 is 1.19 bits per heavy atom. The predicted octanol–water partition coefficient (Wildman–Crippen LogP) is 3.40. The van der Waals surface area contributed by atoms with Crippen LogP contribution >= 0.6 is 0 Å². The van der Waals surface area contributed by atoms with E-state index < -0.39 is 0 Å². The molecule has 0 aliphatic rings. The highest BCUT2D eigenvalue weighted by Gasteiger charge is 2.19. The molecule has 2 rings (SSSR count). The van der Waals surface area contributed by atoms with E-state index in [-0.39, 0.29) is 10.8 Å². The molecule has 16 heavy (non-hydrogen) atoms. The normalized spacial score (nSPS) is 12.0. The number of hydrogen-bond acceptors (Lipinski definition) is 2. The van der Waals surface area contributed by atoms with Crippen molar-refractivity contribution in [2.45, 2.75) is 33.1 Å². The molecule has 2 aromatic rings. The molecule has 0 bridgehead atoms. The lowest BCUT2D eigenvalue weighted by Crippen LogP contribution is -2.22. The zero-order valence-electron chi connectivity index (χ0n) is 10.1. The third-order valence-corrected chi connectivity index (χ3v) is 2.74. The summed E-state index contributed by atoms with van der Waals surface area (Å²) in [5.41, 5.74) is 2.36. The minimum atomic E-state index is -0.182. The van der Waals surface area contributed by atoms with E-state index in [1.807, 2.05) is 45.9 Å². The van der Waals surface area contributed by atoms with E-state index in [1.54, 1.807) is 6.26 Å². The third-order valence-electron chi connectivity index (χ3n) is 2.74. The van der Waals surface area contributed by atoms with Crippen molar-refractivity contribution in [1.82, 2.24) is 0 Å². The fourth-order valence-electron chi connectivity index (χ4n) is 1.76. The predicted molar refractivity (Wildman–Crippen MR) is 65.9 cm³/mol. The summed E-state index contributed by atoms with van der Waals surface area (Å²) in [6, 6.07) is 5.68. The molecule has 2 heteroatoms. The summed E-state index contributed by atoms with van der Waals surface area (Å²) in [4.78, 5) is 12.3. The topological polar surface area (TPSA) is 30.2 Å². The van der Waals surface area contributed by atoms with Crippen LogP contribution in [0.25, 0.3) is 11.0 Å². The van der Waals surface area contributed by atoms with Gasteiger partial charge in [-0.3, -0.25) is 4.79 Å². The lowest BCUT2D eigenvalue weighted by atomic mass is 9.87. The summed E-state index contributed by atoms with van der Waals surface area (Å²) in [5.74, 6) is 0. The molecule has 1 aromatic heterocycles. The highest BCUT2D eigenvalue weighted by Crippen LogP contribution is 2.22. The second kappa shape index (κ2) is 3.48. The minimum absolute atomic E-state index is 0.0810. The first kappa shape index (κ1) is 10.9. The van der Waals surface area contributed by atoms with Gasteiger partial charge in [0, 0.05) is 5.56 Å². The molecule has 0 saturated carbocycles. The molecule has 0 unspecified atom stereocenters. The van der Waals surface area contributed by atoms with Gasteiger partial charge in [0.25, 0.3) is 0 Å². The van der Waals surface area contributed by atoms with E-state index in [0.717, 1.165) is 11.1 Å². The first-order valence-corrected chi connectivity index (χ1v) is 5.42. The summed E-state index contributed by atoms with van der Waals surface area (Å²) in [5, 5.41) is 0.674. The van der Waals surface area contributed by atoms with Crippen LogP contribution in [0.1, 0.15) is 31.9 Å². The molecule has 1 heterocycles. The molecule has 0 amide bonds. The molecule has 0 fully saturated rings. The van der Waals surface area contributed by atoms with Crippen LogP contribution in [-0.4, -0.2) is 0 Å². The largest absolute Gasteiger partial charge is 0.464 e. The van der Waals surface area contributed by atoms with Crippen molar-refractivity contribution in [3.8, 4) is 0 Å². The molecule has 0 radical (unpaired) electrons. The Morgan fingerprint density at radius 3 is 2.50 bits per heavy atom. The Labute approximate surface area is 94.9 Å². The maximum Gasteiger partial charge on any atom is 0.196 e. The SMILES string of the molecule is Cc1ccc2occ(C(C)(C)C)c(=O)c2c1. The molecule has 0 N–H and O–H groups in total. The number of fused-ring (bicyclic) bond motifs is 1. The molecular formula is C14H16O2. The monoisotopic (exact) mass is 216 g/mol. The highest BCUT2D eigenvalue weighted by molar-refractivity contribution is 5.77. The molecule has 0 atom stereocenters. The van der Waals surface area contributed by atoms with Gasteiger partial charge in [0.15, 0.2) is 5.43 Å². The van der Waals surface area contributed by atoms with Crippen molar-refractivity contribution in [2.24, 2.45) is 0 Å². The van der Waals surface area contributed by atoms with Crippen molar-refractivity contribution in [2.75, 3.05) is 0 Å². The van der Waals surface area contributed by atoms with Crippen LogP contribution in [0.4, 0.5) is 0 Å². The zero-order chi connectivity index (χ0) is 11.9. The molecule has 0 aliphatic carbocycles. The maximum atomic E-state index is 12.3. The summed E-state index contributed by atoms with van der Waals surface area (Å²) in [6.07, 6.45) is 1.58. The quantitative estimate of drug-likeness (QED) is 0.675. The Hall–Kier alpha value is -1.57. The van der Waals surface area contributed by atoms with Crippen molar-refractivity contribution >= 4 is 11.0 Å².